The van der Waals surface area contributed by atoms with Gasteiger partial charge in [0.2, 0.25) is 0 Å². The summed E-state index contributed by atoms with van der Waals surface area (Å²) in [5, 5.41) is 22.9. The number of rotatable bonds is 4. The summed E-state index contributed by atoms with van der Waals surface area (Å²) >= 11 is 0. The summed E-state index contributed by atoms with van der Waals surface area (Å²) in [4.78, 5) is 0. The monoisotopic (exact) mass is 500 g/mol. The van der Waals surface area contributed by atoms with Gasteiger partial charge in [0.05, 0.1) is 27.8 Å². The van der Waals surface area contributed by atoms with E-state index in [1.807, 2.05) is 48.5 Å². The van der Waals surface area contributed by atoms with E-state index in [9.17, 15) is 10.5 Å². The lowest BCUT2D eigenvalue weighted by Gasteiger charge is -2.17. The van der Waals surface area contributed by atoms with E-state index in [1.165, 1.54) is 0 Å². The van der Waals surface area contributed by atoms with E-state index in [-0.39, 0.29) is 5.75 Å². The molecular formula is C34H20N4O. The van der Waals surface area contributed by atoms with Gasteiger partial charge in [-0.2, -0.15) is 10.5 Å². The third-order valence-electron chi connectivity index (χ3n) is 7.06. The Morgan fingerprint density at radius 2 is 1.10 bits per heavy atom. The third-order valence-corrected chi connectivity index (χ3v) is 7.06. The molecule has 0 aliphatic heterocycles. The number of benzene rings is 5. The first-order chi connectivity index (χ1) is 19.3. The van der Waals surface area contributed by atoms with Crippen LogP contribution in [0.15, 0.2) is 121 Å². The minimum absolute atomic E-state index is 0.256. The fourth-order valence-electron chi connectivity index (χ4n) is 5.44. The van der Waals surface area contributed by atoms with E-state index < -0.39 is 0 Å². The van der Waals surface area contributed by atoms with Crippen LogP contribution in [-0.2, 0) is 0 Å². The molecule has 7 rings (SSSR count). The Kier molecular flexibility index (Phi) is 5.15. The number of ether oxygens (including phenoxy) is 1. The minimum Gasteiger partial charge on any atom is -0.452 e. The van der Waals surface area contributed by atoms with Crippen LogP contribution < -0.4 is 4.74 Å². The first-order valence-electron chi connectivity index (χ1n) is 12.6. The van der Waals surface area contributed by atoms with Crippen LogP contribution in [0.4, 0.5) is 0 Å². The summed E-state index contributed by atoms with van der Waals surface area (Å²) in [5.41, 5.74) is 5.62. The zero-order valence-corrected chi connectivity index (χ0v) is 20.7. The molecule has 182 valence electrons. The lowest BCUT2D eigenvalue weighted by Crippen LogP contribution is -2.03. The Balaban J connectivity index is 1.60. The quantitative estimate of drug-likeness (QED) is 0.244. The van der Waals surface area contributed by atoms with Crippen molar-refractivity contribution in [3.05, 3.63) is 132 Å². The van der Waals surface area contributed by atoms with Gasteiger partial charge in [-0.05, 0) is 48.5 Å². The SMILES string of the molecule is N#Cc1cccc(C#N)c1Oc1ccccc1-n1c2ccccc2c2c3ccccc3n(-c3ccccc3)c21. The fourth-order valence-corrected chi connectivity index (χ4v) is 5.44. The second kappa shape index (κ2) is 8.95. The molecule has 0 saturated carbocycles. The normalized spacial score (nSPS) is 11.0. The highest BCUT2D eigenvalue weighted by molar-refractivity contribution is 6.22. The average molecular weight is 501 g/mol. The Labute approximate surface area is 224 Å². The van der Waals surface area contributed by atoms with Gasteiger partial charge in [0.15, 0.2) is 11.5 Å². The van der Waals surface area contributed by atoms with Gasteiger partial charge in [-0.1, -0.05) is 72.8 Å². The molecule has 0 radical (unpaired) electrons. The summed E-state index contributed by atoms with van der Waals surface area (Å²) in [6.45, 7) is 0. The second-order valence-corrected chi connectivity index (χ2v) is 9.21. The molecule has 5 nitrogen and oxygen atoms in total. The number of fused-ring (bicyclic) bond motifs is 5. The van der Waals surface area contributed by atoms with Gasteiger partial charge >= 0.3 is 0 Å². The lowest BCUT2D eigenvalue weighted by atomic mass is 10.1. The summed E-state index contributed by atoms with van der Waals surface area (Å²) in [7, 11) is 0. The Morgan fingerprint density at radius 1 is 0.538 bits per heavy atom. The standard InChI is InChI=1S/C34H20N4O/c35-21-23-11-10-12-24(22-36)33(23)39-31-20-9-8-19-30(31)38-29-18-7-5-16-27(29)32-26-15-4-6-17-28(26)37(34(32)38)25-13-2-1-3-14-25/h1-20H. The van der Waals surface area contributed by atoms with Crippen LogP contribution in [0.5, 0.6) is 11.5 Å². The van der Waals surface area contributed by atoms with Crippen molar-refractivity contribution >= 4 is 32.8 Å². The Morgan fingerprint density at radius 3 is 1.77 bits per heavy atom. The molecule has 0 amide bonds. The number of hydrogen-bond donors (Lipinski definition) is 0. The average Bonchev–Trinajstić information content (AvgIpc) is 3.50. The van der Waals surface area contributed by atoms with Crippen LogP contribution in [0.25, 0.3) is 44.2 Å². The highest BCUT2D eigenvalue weighted by Crippen LogP contribution is 2.43. The third kappa shape index (κ3) is 3.39. The van der Waals surface area contributed by atoms with Crippen molar-refractivity contribution in [1.29, 1.82) is 10.5 Å². The summed E-state index contributed by atoms with van der Waals surface area (Å²) in [6, 6.07) is 44.2. The predicted octanol–water partition coefficient (Wildman–Crippen LogP) is 8.26. The summed E-state index contributed by atoms with van der Waals surface area (Å²) in [5.74, 6) is 0.801. The van der Waals surface area contributed by atoms with Gasteiger partial charge in [-0.15, -0.1) is 0 Å². The Bertz CT molecular complexity index is 2090. The summed E-state index contributed by atoms with van der Waals surface area (Å²) < 4.78 is 10.9. The molecule has 0 N–H and O–H groups in total. The minimum atomic E-state index is 0.256. The van der Waals surface area contributed by atoms with Crippen molar-refractivity contribution in [1.82, 2.24) is 9.13 Å². The zero-order chi connectivity index (χ0) is 26.3. The number of hydrogen-bond acceptors (Lipinski definition) is 3. The van der Waals surface area contributed by atoms with E-state index in [4.69, 9.17) is 4.74 Å². The van der Waals surface area contributed by atoms with Crippen molar-refractivity contribution in [2.45, 2.75) is 0 Å². The number of aromatic nitrogens is 2. The molecule has 5 heteroatoms. The maximum Gasteiger partial charge on any atom is 0.163 e. The molecular weight excluding hydrogens is 480 g/mol. The van der Waals surface area contributed by atoms with Crippen LogP contribution in [0.1, 0.15) is 11.1 Å². The Hall–Kier alpha value is -5.78. The van der Waals surface area contributed by atoms with Gasteiger partial charge < -0.3 is 4.74 Å². The van der Waals surface area contributed by atoms with Crippen molar-refractivity contribution in [3.63, 3.8) is 0 Å². The number of nitrogens with zero attached hydrogens (tertiary/aromatic N) is 4. The van der Waals surface area contributed by atoms with E-state index in [1.54, 1.807) is 18.2 Å². The largest absolute Gasteiger partial charge is 0.452 e. The molecule has 0 bridgehead atoms. The van der Waals surface area contributed by atoms with Gasteiger partial charge in [0, 0.05) is 21.8 Å². The molecule has 5 aromatic carbocycles. The molecule has 2 heterocycles. The van der Waals surface area contributed by atoms with E-state index in [0.717, 1.165) is 44.2 Å². The smallest absolute Gasteiger partial charge is 0.163 e. The van der Waals surface area contributed by atoms with Crippen molar-refractivity contribution < 1.29 is 4.74 Å². The molecule has 0 saturated heterocycles. The fraction of sp³-hybridized carbons (Fsp3) is 0. The molecule has 39 heavy (non-hydrogen) atoms. The maximum absolute atomic E-state index is 9.75. The maximum atomic E-state index is 9.75. The molecule has 0 unspecified atom stereocenters. The topological polar surface area (TPSA) is 66.7 Å². The van der Waals surface area contributed by atoms with Crippen molar-refractivity contribution in [3.8, 4) is 35.0 Å². The van der Waals surface area contributed by atoms with E-state index >= 15 is 0 Å². The second-order valence-electron chi connectivity index (χ2n) is 9.21. The molecule has 0 aliphatic carbocycles. The lowest BCUT2D eigenvalue weighted by molar-refractivity contribution is 0.477. The molecule has 7 aromatic rings. The molecule has 0 atom stereocenters. The summed E-state index contributed by atoms with van der Waals surface area (Å²) in [6.07, 6.45) is 0. The van der Waals surface area contributed by atoms with Crippen LogP contribution >= 0.6 is 0 Å². The van der Waals surface area contributed by atoms with Gasteiger partial charge in [-0.25, -0.2) is 0 Å². The van der Waals surface area contributed by atoms with Crippen LogP contribution in [0, 0.1) is 22.7 Å². The van der Waals surface area contributed by atoms with Crippen molar-refractivity contribution in [2.75, 3.05) is 0 Å². The number of para-hydroxylation sites is 6. The molecule has 0 fully saturated rings. The number of nitriles is 2. The highest BCUT2D eigenvalue weighted by Gasteiger charge is 2.23. The zero-order valence-electron chi connectivity index (χ0n) is 20.7. The van der Waals surface area contributed by atoms with Crippen molar-refractivity contribution in [2.24, 2.45) is 0 Å². The van der Waals surface area contributed by atoms with Gasteiger partial charge in [0.25, 0.3) is 0 Å². The van der Waals surface area contributed by atoms with E-state index in [0.29, 0.717) is 16.9 Å². The van der Waals surface area contributed by atoms with Crippen LogP contribution in [0.3, 0.4) is 0 Å². The molecule has 2 aromatic heterocycles. The van der Waals surface area contributed by atoms with Crippen LogP contribution in [-0.4, -0.2) is 9.13 Å². The highest BCUT2D eigenvalue weighted by atomic mass is 16.5. The first kappa shape index (κ1) is 22.4. The molecule has 0 spiro atoms. The predicted molar refractivity (Wildman–Crippen MR) is 154 cm³/mol. The van der Waals surface area contributed by atoms with E-state index in [2.05, 4.69) is 75.9 Å². The first-order valence-corrected chi connectivity index (χ1v) is 12.6. The van der Waals surface area contributed by atoms with Gasteiger partial charge in [-0.3, -0.25) is 9.13 Å². The van der Waals surface area contributed by atoms with Crippen LogP contribution in [0.2, 0.25) is 0 Å². The van der Waals surface area contributed by atoms with Gasteiger partial charge in [0.1, 0.15) is 17.8 Å². The molecule has 0 aliphatic rings.